The van der Waals surface area contributed by atoms with E-state index in [0.29, 0.717) is 10.7 Å². The van der Waals surface area contributed by atoms with Gasteiger partial charge in [0, 0.05) is 24.4 Å². The van der Waals surface area contributed by atoms with Gasteiger partial charge >= 0.3 is 5.69 Å². The van der Waals surface area contributed by atoms with Gasteiger partial charge in [0.1, 0.15) is 12.4 Å². The number of benzene rings is 2. The molecule has 0 aliphatic rings. The summed E-state index contributed by atoms with van der Waals surface area (Å²) in [6, 6.07) is 13.4. The number of pyridine rings is 1. The van der Waals surface area contributed by atoms with Crippen molar-refractivity contribution >= 4 is 11.6 Å². The van der Waals surface area contributed by atoms with E-state index in [-0.39, 0.29) is 12.3 Å². The third kappa shape index (κ3) is 3.96. The first-order valence-corrected chi connectivity index (χ1v) is 10.2. The molecule has 4 rings (SSSR count). The molecule has 0 radical (unpaired) electrons. The minimum absolute atomic E-state index is 0.287. The van der Waals surface area contributed by atoms with Gasteiger partial charge in [0.2, 0.25) is 0 Å². The van der Waals surface area contributed by atoms with Crippen molar-refractivity contribution in [3.05, 3.63) is 86.4 Å². The smallest absolute Gasteiger partial charge is 0.368 e. The number of hydrogen-bond acceptors (Lipinski definition) is 5. The maximum Gasteiger partial charge on any atom is 0.368 e. The largest absolute Gasteiger partial charge is 0.489 e. The van der Waals surface area contributed by atoms with Gasteiger partial charge in [0.15, 0.2) is 0 Å². The molecule has 4 aromatic rings. The van der Waals surface area contributed by atoms with Crippen LogP contribution < -0.4 is 10.4 Å². The fourth-order valence-electron chi connectivity index (χ4n) is 3.47. The number of halogens is 1. The highest BCUT2D eigenvalue weighted by atomic mass is 35.5. The maximum absolute atomic E-state index is 12.3. The summed E-state index contributed by atoms with van der Waals surface area (Å²) in [4.78, 5) is 16.8. The monoisotopic (exact) mass is 435 g/mol. The molecule has 0 atom stereocenters. The van der Waals surface area contributed by atoms with Crippen LogP contribution in [0.25, 0.3) is 16.9 Å². The highest BCUT2D eigenvalue weighted by Crippen LogP contribution is 2.33. The Morgan fingerprint density at radius 3 is 2.52 bits per heavy atom. The first-order valence-electron chi connectivity index (χ1n) is 9.79. The second-order valence-electron chi connectivity index (χ2n) is 7.42. The van der Waals surface area contributed by atoms with Crippen molar-refractivity contribution in [3.63, 3.8) is 0 Å². The summed E-state index contributed by atoms with van der Waals surface area (Å²) in [5.41, 5.74) is 5.92. The molecule has 2 heterocycles. The van der Waals surface area contributed by atoms with Crippen molar-refractivity contribution in [2.45, 2.75) is 27.4 Å². The summed E-state index contributed by atoms with van der Waals surface area (Å²) in [5.74, 6) is 0.758. The molecule has 31 heavy (non-hydrogen) atoms. The Morgan fingerprint density at radius 2 is 1.81 bits per heavy atom. The molecule has 8 heteroatoms. The lowest BCUT2D eigenvalue weighted by atomic mass is 10.0. The lowest BCUT2D eigenvalue weighted by Gasteiger charge is -2.16. The number of rotatable bonds is 5. The second kappa shape index (κ2) is 8.35. The lowest BCUT2D eigenvalue weighted by Crippen LogP contribution is -2.23. The number of tetrazole rings is 1. The predicted molar refractivity (Wildman–Crippen MR) is 120 cm³/mol. The Kier molecular flexibility index (Phi) is 5.61. The molecule has 0 aliphatic heterocycles. The van der Waals surface area contributed by atoms with Crippen molar-refractivity contribution in [3.8, 4) is 22.7 Å². The molecule has 0 saturated carbocycles. The van der Waals surface area contributed by atoms with Gasteiger partial charge in [-0.2, -0.15) is 9.36 Å². The van der Waals surface area contributed by atoms with Gasteiger partial charge < -0.3 is 4.74 Å². The van der Waals surface area contributed by atoms with E-state index in [9.17, 15) is 4.79 Å². The third-order valence-corrected chi connectivity index (χ3v) is 5.55. The molecule has 2 aromatic heterocycles. The van der Waals surface area contributed by atoms with Crippen LogP contribution in [0.15, 0.2) is 53.5 Å². The van der Waals surface area contributed by atoms with Crippen molar-refractivity contribution in [1.82, 2.24) is 24.8 Å². The van der Waals surface area contributed by atoms with Crippen molar-refractivity contribution in [2.24, 2.45) is 7.05 Å². The highest BCUT2D eigenvalue weighted by Gasteiger charge is 2.15. The van der Waals surface area contributed by atoms with Crippen LogP contribution in [-0.4, -0.2) is 24.8 Å². The van der Waals surface area contributed by atoms with Crippen LogP contribution in [0.1, 0.15) is 22.3 Å². The van der Waals surface area contributed by atoms with Crippen molar-refractivity contribution in [1.29, 1.82) is 0 Å². The van der Waals surface area contributed by atoms with Crippen LogP contribution in [0.5, 0.6) is 5.75 Å². The summed E-state index contributed by atoms with van der Waals surface area (Å²) < 4.78 is 8.67. The van der Waals surface area contributed by atoms with Crippen molar-refractivity contribution < 1.29 is 4.74 Å². The zero-order chi connectivity index (χ0) is 22.1. The van der Waals surface area contributed by atoms with E-state index in [2.05, 4.69) is 15.4 Å². The van der Waals surface area contributed by atoms with Crippen LogP contribution in [0.2, 0.25) is 5.02 Å². The Balaban J connectivity index is 1.67. The zero-order valence-corrected chi connectivity index (χ0v) is 18.5. The fraction of sp³-hybridized carbons (Fsp3) is 0.217. The fourth-order valence-corrected chi connectivity index (χ4v) is 3.70. The Hall–Kier alpha value is -3.45. The summed E-state index contributed by atoms with van der Waals surface area (Å²) in [7, 11) is 1.57. The van der Waals surface area contributed by atoms with Gasteiger partial charge in [0.05, 0.1) is 16.4 Å². The molecule has 0 saturated heterocycles. The molecule has 0 unspecified atom stereocenters. The van der Waals surface area contributed by atoms with Gasteiger partial charge in [-0.15, -0.1) is 0 Å². The molecule has 0 spiro atoms. The van der Waals surface area contributed by atoms with Gasteiger partial charge in [-0.3, -0.25) is 4.98 Å². The van der Waals surface area contributed by atoms with Crippen molar-refractivity contribution in [2.75, 3.05) is 0 Å². The molecule has 0 fully saturated rings. The third-order valence-electron chi connectivity index (χ3n) is 5.24. The number of aryl methyl sites for hydroxylation is 4. The standard InChI is InChI=1S/C23H22ClN5O2/c1-14-7-5-9-20(29-23(30)28(4)26-27-29)18(14)13-31-21-12-15(2)17(11-16(21)3)22-19(24)8-6-10-25-22/h5-12H,13H2,1-4H3. The maximum atomic E-state index is 12.3. The summed E-state index contributed by atoms with van der Waals surface area (Å²) >= 11 is 6.34. The first kappa shape index (κ1) is 20.8. The lowest BCUT2D eigenvalue weighted by molar-refractivity contribution is 0.302. The SMILES string of the molecule is Cc1cc(-c2ncccc2Cl)c(C)cc1OCc1c(C)cccc1-n1nnn(C)c1=O. The van der Waals surface area contributed by atoms with Gasteiger partial charge in [0.25, 0.3) is 0 Å². The van der Waals surface area contributed by atoms with Gasteiger partial charge in [-0.1, -0.05) is 23.7 Å². The average molecular weight is 436 g/mol. The van der Waals surface area contributed by atoms with E-state index in [1.54, 1.807) is 13.2 Å². The first-order chi connectivity index (χ1) is 14.9. The molecule has 2 aromatic carbocycles. The molecular formula is C23H22ClN5O2. The summed E-state index contributed by atoms with van der Waals surface area (Å²) in [6.45, 7) is 6.26. The second-order valence-corrected chi connectivity index (χ2v) is 7.83. The van der Waals surface area contributed by atoms with E-state index in [1.807, 2.05) is 63.2 Å². The molecule has 7 nitrogen and oxygen atoms in total. The van der Waals surface area contributed by atoms with E-state index < -0.39 is 0 Å². The average Bonchev–Trinajstić information content (AvgIpc) is 3.08. The molecule has 0 amide bonds. The molecule has 0 bridgehead atoms. The zero-order valence-electron chi connectivity index (χ0n) is 17.8. The van der Waals surface area contributed by atoms with Crippen LogP contribution >= 0.6 is 11.6 Å². The van der Waals surface area contributed by atoms with E-state index in [1.165, 1.54) is 9.36 Å². The molecule has 0 aliphatic carbocycles. The van der Waals surface area contributed by atoms with E-state index in [4.69, 9.17) is 16.3 Å². The Labute approximate surface area is 184 Å². The van der Waals surface area contributed by atoms with Gasteiger partial charge in [-0.05, 0) is 78.2 Å². The van der Waals surface area contributed by atoms with Crippen LogP contribution in [0.4, 0.5) is 0 Å². The Morgan fingerprint density at radius 1 is 1.00 bits per heavy atom. The van der Waals surface area contributed by atoms with Gasteiger partial charge in [-0.25, -0.2) is 4.79 Å². The number of aromatic nitrogens is 5. The summed E-state index contributed by atoms with van der Waals surface area (Å²) in [6.07, 6.45) is 1.73. The minimum atomic E-state index is -0.310. The van der Waals surface area contributed by atoms with E-state index >= 15 is 0 Å². The van der Waals surface area contributed by atoms with Crippen LogP contribution in [0, 0.1) is 20.8 Å². The Bertz CT molecular complexity index is 1330. The van der Waals surface area contributed by atoms with Crippen LogP contribution in [-0.2, 0) is 13.7 Å². The quantitative estimate of drug-likeness (QED) is 0.470. The number of nitrogens with zero attached hydrogens (tertiary/aromatic N) is 5. The summed E-state index contributed by atoms with van der Waals surface area (Å²) in [5, 5.41) is 8.39. The highest BCUT2D eigenvalue weighted by molar-refractivity contribution is 6.33. The number of hydrogen-bond donors (Lipinski definition) is 0. The molecule has 158 valence electrons. The minimum Gasteiger partial charge on any atom is -0.489 e. The molecular weight excluding hydrogens is 414 g/mol. The predicted octanol–water partition coefficient (Wildman–Crippen LogP) is 4.19. The normalized spacial score (nSPS) is 11.0. The van der Waals surface area contributed by atoms with Crippen LogP contribution in [0.3, 0.4) is 0 Å². The topological polar surface area (TPSA) is 74.8 Å². The number of ether oxygens (including phenoxy) is 1. The van der Waals surface area contributed by atoms with E-state index in [0.717, 1.165) is 39.3 Å². The molecule has 0 N–H and O–H groups in total.